The smallest absolute Gasteiger partial charge is 0.0578 e. The average molecular weight is 295 g/mol. The maximum atomic E-state index is 6.14. The highest BCUT2D eigenvalue weighted by Gasteiger charge is 2.35. The molecule has 0 aromatic carbocycles. The SMILES string of the molecule is CCCCCO[C@@H]1CC[C@@H]2CC(CCCCC)CCC2C1. The van der Waals surface area contributed by atoms with Gasteiger partial charge in [0.15, 0.2) is 0 Å². The van der Waals surface area contributed by atoms with Gasteiger partial charge < -0.3 is 4.74 Å². The van der Waals surface area contributed by atoms with Crippen molar-refractivity contribution in [2.24, 2.45) is 17.8 Å². The number of ether oxygens (including phenoxy) is 1. The van der Waals surface area contributed by atoms with Gasteiger partial charge in [0.05, 0.1) is 6.10 Å². The fourth-order valence-corrected chi connectivity index (χ4v) is 4.64. The third-order valence-electron chi connectivity index (χ3n) is 5.99. The first-order valence-electron chi connectivity index (χ1n) is 9.95. The van der Waals surface area contributed by atoms with Gasteiger partial charge in [-0.2, -0.15) is 0 Å². The Kier molecular flexibility index (Phi) is 8.14. The molecule has 2 saturated carbocycles. The van der Waals surface area contributed by atoms with Gasteiger partial charge in [-0.1, -0.05) is 58.8 Å². The molecule has 4 atom stereocenters. The normalized spacial score (nSPS) is 32.9. The number of hydrogen-bond donors (Lipinski definition) is 0. The van der Waals surface area contributed by atoms with Crippen molar-refractivity contribution in [2.45, 2.75) is 103 Å². The summed E-state index contributed by atoms with van der Waals surface area (Å²) in [6.07, 6.45) is 19.0. The van der Waals surface area contributed by atoms with Gasteiger partial charge in [-0.05, 0) is 56.3 Å². The molecule has 0 bridgehead atoms. The fourth-order valence-electron chi connectivity index (χ4n) is 4.64. The highest BCUT2D eigenvalue weighted by Crippen LogP contribution is 2.44. The largest absolute Gasteiger partial charge is 0.378 e. The van der Waals surface area contributed by atoms with Gasteiger partial charge in [0.2, 0.25) is 0 Å². The second-order valence-corrected chi connectivity index (χ2v) is 7.71. The van der Waals surface area contributed by atoms with E-state index in [-0.39, 0.29) is 0 Å². The summed E-state index contributed by atoms with van der Waals surface area (Å²) in [6.45, 7) is 5.60. The van der Waals surface area contributed by atoms with Gasteiger partial charge in [0.25, 0.3) is 0 Å². The Morgan fingerprint density at radius 2 is 1.48 bits per heavy atom. The van der Waals surface area contributed by atoms with Gasteiger partial charge in [-0.25, -0.2) is 0 Å². The van der Waals surface area contributed by atoms with Gasteiger partial charge in [0, 0.05) is 6.61 Å². The number of fused-ring (bicyclic) bond motifs is 1. The van der Waals surface area contributed by atoms with Crippen LogP contribution in [0.2, 0.25) is 0 Å². The minimum absolute atomic E-state index is 0.597. The number of unbranched alkanes of at least 4 members (excludes halogenated alkanes) is 4. The first-order chi connectivity index (χ1) is 10.3. The van der Waals surface area contributed by atoms with Crippen LogP contribution in [-0.2, 0) is 4.74 Å². The molecule has 0 radical (unpaired) electrons. The third kappa shape index (κ3) is 5.93. The summed E-state index contributed by atoms with van der Waals surface area (Å²) in [6, 6.07) is 0. The molecule has 2 rings (SSSR count). The van der Waals surface area contributed by atoms with E-state index in [1.807, 2.05) is 0 Å². The van der Waals surface area contributed by atoms with Crippen molar-refractivity contribution in [3.8, 4) is 0 Å². The third-order valence-corrected chi connectivity index (χ3v) is 5.99. The molecule has 0 amide bonds. The molecule has 21 heavy (non-hydrogen) atoms. The van der Waals surface area contributed by atoms with E-state index in [1.165, 1.54) is 83.5 Å². The summed E-state index contributed by atoms with van der Waals surface area (Å²) in [4.78, 5) is 0. The minimum atomic E-state index is 0.597. The molecule has 2 aliphatic rings. The van der Waals surface area contributed by atoms with Crippen molar-refractivity contribution < 1.29 is 4.74 Å². The van der Waals surface area contributed by atoms with Crippen LogP contribution in [0.5, 0.6) is 0 Å². The Labute approximate surface area is 133 Å². The summed E-state index contributed by atoms with van der Waals surface area (Å²) in [5, 5.41) is 0. The highest BCUT2D eigenvalue weighted by atomic mass is 16.5. The monoisotopic (exact) mass is 294 g/mol. The lowest BCUT2D eigenvalue weighted by Crippen LogP contribution is -2.34. The zero-order valence-corrected chi connectivity index (χ0v) is 14.6. The maximum absolute atomic E-state index is 6.14. The van der Waals surface area contributed by atoms with Crippen molar-refractivity contribution in [1.82, 2.24) is 0 Å². The Morgan fingerprint density at radius 1 is 0.762 bits per heavy atom. The first kappa shape index (κ1) is 17.3. The lowest BCUT2D eigenvalue weighted by atomic mass is 9.66. The van der Waals surface area contributed by atoms with Crippen LogP contribution < -0.4 is 0 Å². The zero-order valence-electron chi connectivity index (χ0n) is 14.6. The van der Waals surface area contributed by atoms with E-state index >= 15 is 0 Å². The van der Waals surface area contributed by atoms with E-state index in [9.17, 15) is 0 Å². The average Bonchev–Trinajstić information content (AvgIpc) is 2.52. The summed E-state index contributed by atoms with van der Waals surface area (Å²) < 4.78 is 6.14. The van der Waals surface area contributed by atoms with Crippen LogP contribution >= 0.6 is 0 Å². The number of rotatable bonds is 9. The van der Waals surface area contributed by atoms with Crippen LogP contribution in [0.25, 0.3) is 0 Å². The molecule has 0 aromatic rings. The first-order valence-corrected chi connectivity index (χ1v) is 9.95. The summed E-state index contributed by atoms with van der Waals surface area (Å²) >= 11 is 0. The van der Waals surface area contributed by atoms with E-state index in [2.05, 4.69) is 13.8 Å². The van der Waals surface area contributed by atoms with Gasteiger partial charge in [-0.3, -0.25) is 0 Å². The highest BCUT2D eigenvalue weighted by molar-refractivity contribution is 4.86. The molecular weight excluding hydrogens is 256 g/mol. The molecule has 1 nitrogen and oxygen atoms in total. The molecule has 124 valence electrons. The van der Waals surface area contributed by atoms with Gasteiger partial charge in [0.1, 0.15) is 0 Å². The molecule has 0 aliphatic heterocycles. The molecular formula is C20H38O. The molecule has 2 fully saturated rings. The Balaban J connectivity index is 1.63. The van der Waals surface area contributed by atoms with Crippen molar-refractivity contribution in [1.29, 1.82) is 0 Å². The van der Waals surface area contributed by atoms with Crippen LogP contribution in [0.15, 0.2) is 0 Å². The van der Waals surface area contributed by atoms with Gasteiger partial charge in [-0.15, -0.1) is 0 Å². The topological polar surface area (TPSA) is 9.23 Å². The fraction of sp³-hybridized carbons (Fsp3) is 1.00. The molecule has 0 spiro atoms. The molecule has 2 aliphatic carbocycles. The van der Waals surface area contributed by atoms with E-state index in [1.54, 1.807) is 0 Å². The lowest BCUT2D eigenvalue weighted by Gasteiger charge is -2.42. The Hall–Kier alpha value is -0.0400. The van der Waals surface area contributed by atoms with E-state index in [0.717, 1.165) is 24.4 Å². The van der Waals surface area contributed by atoms with E-state index < -0.39 is 0 Å². The molecule has 0 N–H and O–H groups in total. The second kappa shape index (κ2) is 9.87. The standard InChI is InChI=1S/C20H38O/c1-3-5-7-9-17-10-11-19-16-20(13-12-18(19)15-17)21-14-8-6-4-2/h17-20H,3-16H2,1-2H3/t17?,18-,19?,20-/m1/s1. The molecule has 2 unspecified atom stereocenters. The van der Waals surface area contributed by atoms with Crippen molar-refractivity contribution in [3.63, 3.8) is 0 Å². The number of hydrogen-bond acceptors (Lipinski definition) is 1. The second-order valence-electron chi connectivity index (χ2n) is 7.71. The van der Waals surface area contributed by atoms with Crippen molar-refractivity contribution in [2.75, 3.05) is 6.61 Å². The van der Waals surface area contributed by atoms with E-state index in [0.29, 0.717) is 6.10 Å². The Bertz CT molecular complexity index is 263. The zero-order chi connectivity index (χ0) is 14.9. The lowest BCUT2D eigenvalue weighted by molar-refractivity contribution is -0.0209. The van der Waals surface area contributed by atoms with Crippen molar-refractivity contribution in [3.05, 3.63) is 0 Å². The minimum Gasteiger partial charge on any atom is -0.378 e. The van der Waals surface area contributed by atoms with E-state index in [4.69, 9.17) is 4.74 Å². The van der Waals surface area contributed by atoms with Crippen LogP contribution in [0.4, 0.5) is 0 Å². The van der Waals surface area contributed by atoms with Crippen LogP contribution in [0.1, 0.15) is 97.3 Å². The molecule has 0 saturated heterocycles. The molecule has 0 heterocycles. The summed E-state index contributed by atoms with van der Waals surface area (Å²) in [5.74, 6) is 3.10. The van der Waals surface area contributed by atoms with Gasteiger partial charge >= 0.3 is 0 Å². The van der Waals surface area contributed by atoms with Crippen LogP contribution in [0, 0.1) is 17.8 Å². The van der Waals surface area contributed by atoms with Crippen molar-refractivity contribution >= 4 is 0 Å². The predicted octanol–water partition coefficient (Wildman–Crippen LogP) is 6.36. The predicted molar refractivity (Wildman–Crippen MR) is 91.6 cm³/mol. The summed E-state index contributed by atoms with van der Waals surface area (Å²) in [5.41, 5.74) is 0. The van der Waals surface area contributed by atoms with Crippen LogP contribution in [0.3, 0.4) is 0 Å². The van der Waals surface area contributed by atoms with Crippen LogP contribution in [-0.4, -0.2) is 12.7 Å². The maximum Gasteiger partial charge on any atom is 0.0578 e. The molecule has 0 aromatic heterocycles. The quantitative estimate of drug-likeness (QED) is 0.450. The molecule has 1 heteroatoms. The Morgan fingerprint density at radius 3 is 2.29 bits per heavy atom. The summed E-state index contributed by atoms with van der Waals surface area (Å²) in [7, 11) is 0.